The zero-order chi connectivity index (χ0) is 19.9. The summed E-state index contributed by atoms with van der Waals surface area (Å²) in [6.45, 7) is 2.92. The molecule has 0 saturated heterocycles. The number of hydrogen-bond donors (Lipinski definition) is 1. The molecule has 0 aliphatic heterocycles. The number of aromatic nitrogens is 1. The van der Waals surface area contributed by atoms with E-state index in [0.717, 1.165) is 16.7 Å². The fourth-order valence-electron chi connectivity index (χ4n) is 2.94. The lowest BCUT2D eigenvalue weighted by molar-refractivity contribution is 0.0784. The first-order valence-electron chi connectivity index (χ1n) is 9.11. The molecule has 0 bridgehead atoms. The van der Waals surface area contributed by atoms with Crippen LogP contribution in [-0.2, 0) is 13.1 Å². The van der Waals surface area contributed by atoms with Crippen molar-refractivity contribution in [3.05, 3.63) is 101 Å². The molecule has 5 heteroatoms. The predicted octanol–water partition coefficient (Wildman–Crippen LogP) is 3.59. The van der Waals surface area contributed by atoms with Gasteiger partial charge in [-0.25, -0.2) is 0 Å². The summed E-state index contributed by atoms with van der Waals surface area (Å²) in [5.74, 6) is -0.431. The number of amides is 2. The molecule has 2 amide bonds. The second-order valence-corrected chi connectivity index (χ2v) is 6.78. The van der Waals surface area contributed by atoms with Gasteiger partial charge in [-0.3, -0.25) is 14.6 Å². The molecule has 0 saturated carbocycles. The number of hydrogen-bond acceptors (Lipinski definition) is 3. The van der Waals surface area contributed by atoms with Crippen molar-refractivity contribution in [2.75, 3.05) is 7.05 Å². The molecule has 1 N–H and O–H groups in total. The Morgan fingerprint density at radius 1 is 0.929 bits per heavy atom. The molecule has 0 radical (unpaired) electrons. The normalized spacial score (nSPS) is 10.4. The van der Waals surface area contributed by atoms with E-state index in [4.69, 9.17) is 0 Å². The monoisotopic (exact) mass is 373 g/mol. The summed E-state index contributed by atoms with van der Waals surface area (Å²) < 4.78 is 0. The molecule has 1 aromatic heterocycles. The molecule has 3 aromatic rings. The number of benzene rings is 2. The van der Waals surface area contributed by atoms with Gasteiger partial charge in [0.25, 0.3) is 11.8 Å². The lowest BCUT2D eigenvalue weighted by Crippen LogP contribution is -2.27. The maximum absolute atomic E-state index is 12.7. The van der Waals surface area contributed by atoms with Gasteiger partial charge in [-0.05, 0) is 24.1 Å². The van der Waals surface area contributed by atoms with Crippen molar-refractivity contribution < 1.29 is 9.59 Å². The van der Waals surface area contributed by atoms with E-state index in [1.165, 1.54) is 12.4 Å². The zero-order valence-electron chi connectivity index (χ0n) is 16.1. The van der Waals surface area contributed by atoms with Crippen molar-refractivity contribution in [1.29, 1.82) is 0 Å². The number of nitrogens with zero attached hydrogens (tertiary/aromatic N) is 2. The Balaban J connectivity index is 1.65. The van der Waals surface area contributed by atoms with Gasteiger partial charge < -0.3 is 10.2 Å². The summed E-state index contributed by atoms with van der Waals surface area (Å²) in [5.41, 5.74) is 3.96. The third kappa shape index (κ3) is 5.04. The molecule has 2 aromatic carbocycles. The van der Waals surface area contributed by atoms with Gasteiger partial charge >= 0.3 is 0 Å². The van der Waals surface area contributed by atoms with E-state index in [1.54, 1.807) is 18.0 Å². The first-order valence-corrected chi connectivity index (χ1v) is 9.11. The average molecular weight is 373 g/mol. The number of nitrogens with one attached hydrogen (secondary N) is 1. The van der Waals surface area contributed by atoms with E-state index < -0.39 is 0 Å². The third-order valence-corrected chi connectivity index (χ3v) is 4.39. The molecular formula is C23H23N3O2. The van der Waals surface area contributed by atoms with E-state index in [1.807, 2.05) is 61.5 Å². The van der Waals surface area contributed by atoms with Crippen molar-refractivity contribution in [2.45, 2.75) is 20.0 Å². The Labute approximate surface area is 165 Å². The summed E-state index contributed by atoms with van der Waals surface area (Å²) in [5, 5.41) is 2.87. The minimum atomic E-state index is -0.255. The number of carbonyl (C=O) groups is 2. The second kappa shape index (κ2) is 8.95. The highest BCUT2D eigenvalue weighted by atomic mass is 16.2. The predicted molar refractivity (Wildman–Crippen MR) is 109 cm³/mol. The first kappa shape index (κ1) is 19.3. The molecule has 0 spiro atoms. The largest absolute Gasteiger partial charge is 0.348 e. The highest BCUT2D eigenvalue weighted by Crippen LogP contribution is 2.10. The van der Waals surface area contributed by atoms with Crippen LogP contribution in [0.5, 0.6) is 0 Å². The molecular weight excluding hydrogens is 350 g/mol. The fourth-order valence-corrected chi connectivity index (χ4v) is 2.94. The van der Waals surface area contributed by atoms with E-state index >= 15 is 0 Å². The third-order valence-electron chi connectivity index (χ3n) is 4.39. The standard InChI is InChI=1S/C23H23N3O2/c1-17-7-6-10-19(11-17)13-25-22(27)20-12-21(15-24-14-20)23(28)26(2)16-18-8-4-3-5-9-18/h3-12,14-15H,13,16H2,1-2H3,(H,25,27). The Kier molecular flexibility index (Phi) is 6.17. The van der Waals surface area contributed by atoms with Crippen LogP contribution in [0.1, 0.15) is 37.4 Å². The van der Waals surface area contributed by atoms with Crippen molar-refractivity contribution in [1.82, 2.24) is 15.2 Å². The smallest absolute Gasteiger partial charge is 0.255 e. The van der Waals surface area contributed by atoms with Gasteiger partial charge in [0.15, 0.2) is 0 Å². The number of pyridine rings is 1. The summed E-state index contributed by atoms with van der Waals surface area (Å²) in [6, 6.07) is 19.3. The first-order chi connectivity index (χ1) is 13.5. The minimum Gasteiger partial charge on any atom is -0.348 e. The van der Waals surface area contributed by atoms with Crippen LogP contribution in [0.4, 0.5) is 0 Å². The van der Waals surface area contributed by atoms with Crippen LogP contribution in [-0.4, -0.2) is 28.7 Å². The van der Waals surface area contributed by atoms with Crippen LogP contribution < -0.4 is 5.32 Å². The molecule has 0 aliphatic carbocycles. The van der Waals surface area contributed by atoms with Gasteiger partial charge in [0.05, 0.1) is 11.1 Å². The number of rotatable bonds is 6. The SMILES string of the molecule is Cc1cccc(CNC(=O)c2cncc(C(=O)N(C)Cc3ccccc3)c2)c1. The van der Waals surface area contributed by atoms with Gasteiger partial charge in [0, 0.05) is 32.5 Å². The van der Waals surface area contributed by atoms with Gasteiger partial charge in [-0.15, -0.1) is 0 Å². The molecule has 0 fully saturated rings. The quantitative estimate of drug-likeness (QED) is 0.718. The van der Waals surface area contributed by atoms with Crippen molar-refractivity contribution in [3.8, 4) is 0 Å². The van der Waals surface area contributed by atoms with Gasteiger partial charge in [0.2, 0.25) is 0 Å². The Bertz CT molecular complexity index is 970. The maximum atomic E-state index is 12.7. The molecule has 5 nitrogen and oxygen atoms in total. The second-order valence-electron chi connectivity index (χ2n) is 6.78. The molecule has 0 atom stereocenters. The van der Waals surface area contributed by atoms with Crippen molar-refractivity contribution >= 4 is 11.8 Å². The lowest BCUT2D eigenvalue weighted by Gasteiger charge is -2.17. The molecule has 0 unspecified atom stereocenters. The van der Waals surface area contributed by atoms with Crippen LogP contribution in [0, 0.1) is 6.92 Å². The summed E-state index contributed by atoms with van der Waals surface area (Å²) >= 11 is 0. The van der Waals surface area contributed by atoms with Crippen LogP contribution in [0.25, 0.3) is 0 Å². The fraction of sp³-hybridized carbons (Fsp3) is 0.174. The highest BCUT2D eigenvalue weighted by molar-refractivity contribution is 5.99. The van der Waals surface area contributed by atoms with Crippen LogP contribution in [0.3, 0.4) is 0 Å². The zero-order valence-corrected chi connectivity index (χ0v) is 16.1. The summed E-state index contributed by atoms with van der Waals surface area (Å²) in [4.78, 5) is 30.8. The highest BCUT2D eigenvalue weighted by Gasteiger charge is 2.15. The molecule has 0 aliphatic rings. The maximum Gasteiger partial charge on any atom is 0.255 e. The summed E-state index contributed by atoms with van der Waals surface area (Å²) in [6.07, 6.45) is 2.96. The average Bonchev–Trinajstić information content (AvgIpc) is 2.72. The van der Waals surface area contributed by atoms with E-state index in [9.17, 15) is 9.59 Å². The van der Waals surface area contributed by atoms with E-state index in [0.29, 0.717) is 24.2 Å². The van der Waals surface area contributed by atoms with E-state index in [2.05, 4.69) is 10.3 Å². The number of aryl methyl sites for hydroxylation is 1. The minimum absolute atomic E-state index is 0.176. The Morgan fingerprint density at radius 3 is 2.39 bits per heavy atom. The summed E-state index contributed by atoms with van der Waals surface area (Å²) in [7, 11) is 1.74. The van der Waals surface area contributed by atoms with Crippen molar-refractivity contribution in [2.24, 2.45) is 0 Å². The molecule has 28 heavy (non-hydrogen) atoms. The van der Waals surface area contributed by atoms with Gasteiger partial charge in [-0.1, -0.05) is 60.2 Å². The Hall–Kier alpha value is -3.47. The van der Waals surface area contributed by atoms with Crippen LogP contribution in [0.2, 0.25) is 0 Å². The topological polar surface area (TPSA) is 62.3 Å². The molecule has 1 heterocycles. The Morgan fingerprint density at radius 2 is 1.64 bits per heavy atom. The lowest BCUT2D eigenvalue weighted by atomic mass is 10.1. The van der Waals surface area contributed by atoms with Gasteiger partial charge in [0.1, 0.15) is 0 Å². The van der Waals surface area contributed by atoms with E-state index in [-0.39, 0.29) is 11.8 Å². The van der Waals surface area contributed by atoms with Crippen LogP contribution >= 0.6 is 0 Å². The molecule has 3 rings (SSSR count). The molecule has 142 valence electrons. The number of carbonyl (C=O) groups excluding carboxylic acids is 2. The van der Waals surface area contributed by atoms with Gasteiger partial charge in [-0.2, -0.15) is 0 Å². The van der Waals surface area contributed by atoms with Crippen LogP contribution in [0.15, 0.2) is 73.1 Å². The van der Waals surface area contributed by atoms with Crippen molar-refractivity contribution in [3.63, 3.8) is 0 Å².